The minimum Gasteiger partial charge on any atom is -0.484 e. The predicted octanol–water partition coefficient (Wildman–Crippen LogP) is 3.33. The third-order valence-corrected chi connectivity index (χ3v) is 3.12. The van der Waals surface area contributed by atoms with E-state index in [1.54, 1.807) is 24.3 Å². The zero-order valence-corrected chi connectivity index (χ0v) is 12.3. The summed E-state index contributed by atoms with van der Waals surface area (Å²) in [4.78, 5) is 11.7. The Balaban J connectivity index is 1.97. The lowest BCUT2D eigenvalue weighted by atomic mass is 10.3. The summed E-state index contributed by atoms with van der Waals surface area (Å²) in [5.74, 6) is -1.77. The molecule has 21 heavy (non-hydrogen) atoms. The molecule has 0 saturated carbocycles. The monoisotopic (exact) mass is 356 g/mol. The zero-order valence-electron chi connectivity index (χ0n) is 10.7. The van der Waals surface area contributed by atoms with Crippen LogP contribution < -0.4 is 15.8 Å². The van der Waals surface area contributed by atoms with Gasteiger partial charge in [0.15, 0.2) is 6.61 Å². The van der Waals surface area contributed by atoms with Crippen LogP contribution in [0.15, 0.2) is 40.9 Å². The van der Waals surface area contributed by atoms with E-state index in [1.165, 1.54) is 0 Å². The van der Waals surface area contributed by atoms with Crippen LogP contribution in [0.5, 0.6) is 5.75 Å². The van der Waals surface area contributed by atoms with Gasteiger partial charge in [-0.25, -0.2) is 8.78 Å². The lowest BCUT2D eigenvalue weighted by Crippen LogP contribution is -2.21. The highest BCUT2D eigenvalue weighted by molar-refractivity contribution is 9.10. The molecule has 2 aromatic rings. The molecule has 2 rings (SSSR count). The smallest absolute Gasteiger partial charge is 0.262 e. The van der Waals surface area contributed by atoms with Gasteiger partial charge in [-0.1, -0.05) is 6.07 Å². The molecular formula is C14H11BrF2N2O2. The van der Waals surface area contributed by atoms with E-state index in [2.05, 4.69) is 21.2 Å². The molecule has 0 bridgehead atoms. The van der Waals surface area contributed by atoms with Gasteiger partial charge in [0.25, 0.3) is 5.91 Å². The van der Waals surface area contributed by atoms with Crippen LogP contribution in [-0.4, -0.2) is 12.5 Å². The van der Waals surface area contributed by atoms with Crippen molar-refractivity contribution in [1.29, 1.82) is 0 Å². The molecule has 0 heterocycles. The highest BCUT2D eigenvalue weighted by Gasteiger charge is 2.11. The summed E-state index contributed by atoms with van der Waals surface area (Å²) in [5, 5.41) is 2.30. The number of rotatable bonds is 4. The van der Waals surface area contributed by atoms with Crippen LogP contribution in [-0.2, 0) is 4.79 Å². The summed E-state index contributed by atoms with van der Waals surface area (Å²) in [6, 6.07) is 8.38. The fourth-order valence-corrected chi connectivity index (χ4v) is 1.90. The predicted molar refractivity (Wildman–Crippen MR) is 79.0 cm³/mol. The molecule has 0 radical (unpaired) electrons. The first-order chi connectivity index (χ1) is 9.95. The van der Waals surface area contributed by atoms with Gasteiger partial charge >= 0.3 is 0 Å². The molecule has 0 saturated heterocycles. The highest BCUT2D eigenvalue weighted by Crippen LogP contribution is 2.23. The molecule has 1 amide bonds. The number of halogens is 3. The summed E-state index contributed by atoms with van der Waals surface area (Å²) in [5.41, 5.74) is 5.93. The number of amides is 1. The average molecular weight is 357 g/mol. The highest BCUT2D eigenvalue weighted by atomic mass is 79.9. The summed E-state index contributed by atoms with van der Waals surface area (Å²) >= 11 is 2.92. The van der Waals surface area contributed by atoms with Crippen molar-refractivity contribution in [3.8, 4) is 5.75 Å². The average Bonchev–Trinajstić information content (AvgIpc) is 2.43. The number of hydrogen-bond donors (Lipinski definition) is 2. The molecule has 4 nitrogen and oxygen atoms in total. The number of nitrogens with one attached hydrogen (secondary N) is 1. The van der Waals surface area contributed by atoms with Crippen LogP contribution in [0.3, 0.4) is 0 Å². The Morgan fingerprint density at radius 3 is 2.71 bits per heavy atom. The van der Waals surface area contributed by atoms with Crippen LogP contribution in [0.25, 0.3) is 0 Å². The van der Waals surface area contributed by atoms with Crippen LogP contribution in [0.4, 0.5) is 20.2 Å². The summed E-state index contributed by atoms with van der Waals surface area (Å²) in [6.07, 6.45) is 0. The van der Waals surface area contributed by atoms with Gasteiger partial charge in [0, 0.05) is 17.8 Å². The molecule has 0 fully saturated rings. The fraction of sp³-hybridized carbons (Fsp3) is 0.0714. The molecule has 0 atom stereocenters. The molecule has 2 aromatic carbocycles. The van der Waals surface area contributed by atoms with Gasteiger partial charge in [-0.2, -0.15) is 0 Å². The molecule has 0 spiro atoms. The summed E-state index contributed by atoms with van der Waals surface area (Å²) < 4.78 is 31.8. The van der Waals surface area contributed by atoms with Crippen molar-refractivity contribution in [2.24, 2.45) is 0 Å². The lowest BCUT2D eigenvalue weighted by Gasteiger charge is -2.09. The number of benzene rings is 2. The summed E-state index contributed by atoms with van der Waals surface area (Å²) in [7, 11) is 0. The topological polar surface area (TPSA) is 64.3 Å². The maximum Gasteiger partial charge on any atom is 0.262 e. The van der Waals surface area contributed by atoms with Crippen molar-refractivity contribution in [2.75, 3.05) is 17.7 Å². The minimum absolute atomic E-state index is 0.0518. The molecule has 0 aliphatic rings. The van der Waals surface area contributed by atoms with Gasteiger partial charge in [0.1, 0.15) is 17.4 Å². The molecule has 0 aliphatic carbocycles. The van der Waals surface area contributed by atoms with Crippen LogP contribution in [0, 0.1) is 11.6 Å². The molecular weight excluding hydrogens is 346 g/mol. The molecule has 3 N–H and O–H groups in total. The number of nitrogen functional groups attached to an aromatic ring is 1. The Morgan fingerprint density at radius 1 is 1.24 bits per heavy atom. The number of ether oxygens (including phenoxy) is 1. The molecule has 0 aliphatic heterocycles. The second-order valence-corrected chi connectivity index (χ2v) is 5.01. The molecule has 0 unspecified atom stereocenters. The van der Waals surface area contributed by atoms with E-state index in [-0.39, 0.29) is 16.8 Å². The Bertz CT molecular complexity index is 680. The van der Waals surface area contributed by atoms with E-state index in [0.717, 1.165) is 6.07 Å². The third kappa shape index (κ3) is 4.16. The van der Waals surface area contributed by atoms with Gasteiger partial charge in [0.05, 0.1) is 10.2 Å². The van der Waals surface area contributed by atoms with Crippen LogP contribution in [0.1, 0.15) is 0 Å². The maximum absolute atomic E-state index is 13.5. The quantitative estimate of drug-likeness (QED) is 0.652. The maximum atomic E-state index is 13.5. The Labute approximate surface area is 128 Å². The Kier molecular flexibility index (Phi) is 4.74. The fourth-order valence-electron chi connectivity index (χ4n) is 1.56. The van der Waals surface area contributed by atoms with E-state index < -0.39 is 17.5 Å². The van der Waals surface area contributed by atoms with Crippen molar-refractivity contribution < 1.29 is 18.3 Å². The SMILES string of the molecule is Nc1cccc(OCC(=O)Nc2cc(Br)c(F)cc2F)c1. The van der Waals surface area contributed by atoms with Gasteiger partial charge in [0.2, 0.25) is 0 Å². The van der Waals surface area contributed by atoms with E-state index in [4.69, 9.17) is 10.5 Å². The van der Waals surface area contributed by atoms with Gasteiger partial charge in [-0.3, -0.25) is 4.79 Å². The van der Waals surface area contributed by atoms with Crippen LogP contribution in [0.2, 0.25) is 0 Å². The molecule has 7 heteroatoms. The molecule has 110 valence electrons. The standard InChI is InChI=1S/C14H11BrF2N2O2/c15-10-5-13(12(17)6-11(10)16)19-14(20)7-21-9-3-1-2-8(18)4-9/h1-6H,7,18H2,(H,19,20). The largest absolute Gasteiger partial charge is 0.484 e. The number of carbonyl (C=O) groups is 1. The van der Waals surface area contributed by atoms with E-state index in [0.29, 0.717) is 17.5 Å². The van der Waals surface area contributed by atoms with Crippen molar-refractivity contribution in [2.45, 2.75) is 0 Å². The zero-order chi connectivity index (χ0) is 15.4. The lowest BCUT2D eigenvalue weighted by molar-refractivity contribution is -0.118. The van der Waals surface area contributed by atoms with E-state index in [1.807, 2.05) is 0 Å². The van der Waals surface area contributed by atoms with E-state index in [9.17, 15) is 13.6 Å². The Morgan fingerprint density at radius 2 is 2.00 bits per heavy atom. The number of anilines is 2. The van der Waals surface area contributed by atoms with E-state index >= 15 is 0 Å². The first kappa shape index (κ1) is 15.2. The first-order valence-electron chi connectivity index (χ1n) is 5.88. The van der Waals surface area contributed by atoms with Crippen molar-refractivity contribution in [3.05, 3.63) is 52.5 Å². The number of hydrogen-bond acceptors (Lipinski definition) is 3. The third-order valence-electron chi connectivity index (χ3n) is 2.51. The second-order valence-electron chi connectivity index (χ2n) is 4.16. The van der Waals surface area contributed by atoms with Crippen molar-refractivity contribution >= 4 is 33.2 Å². The first-order valence-corrected chi connectivity index (χ1v) is 6.68. The van der Waals surface area contributed by atoms with Gasteiger partial charge in [-0.15, -0.1) is 0 Å². The number of nitrogens with two attached hydrogens (primary N) is 1. The van der Waals surface area contributed by atoms with Gasteiger partial charge < -0.3 is 15.8 Å². The molecule has 0 aromatic heterocycles. The second kappa shape index (κ2) is 6.53. The Hall–Kier alpha value is -2.15. The normalized spacial score (nSPS) is 10.2. The minimum atomic E-state index is -0.868. The summed E-state index contributed by atoms with van der Waals surface area (Å²) in [6.45, 7) is -0.322. The van der Waals surface area contributed by atoms with Gasteiger partial charge in [-0.05, 0) is 34.1 Å². The van der Waals surface area contributed by atoms with Crippen molar-refractivity contribution in [1.82, 2.24) is 0 Å². The number of carbonyl (C=O) groups excluding carboxylic acids is 1. The van der Waals surface area contributed by atoms with Crippen LogP contribution >= 0.6 is 15.9 Å². The van der Waals surface area contributed by atoms with Crippen molar-refractivity contribution in [3.63, 3.8) is 0 Å².